The van der Waals surface area contributed by atoms with E-state index in [0.717, 1.165) is 33.3 Å². The molecular formula is C24H20ClF3N2O2S. The van der Waals surface area contributed by atoms with Crippen molar-refractivity contribution in [2.24, 2.45) is 0 Å². The van der Waals surface area contributed by atoms with E-state index in [1.807, 2.05) is 19.1 Å². The number of thiazole rings is 1. The predicted molar refractivity (Wildman–Crippen MR) is 123 cm³/mol. The molecule has 0 saturated carbocycles. The summed E-state index contributed by atoms with van der Waals surface area (Å²) in [5.74, 6) is -0.175. The minimum absolute atomic E-state index is 0.146. The summed E-state index contributed by atoms with van der Waals surface area (Å²) in [5, 5.41) is 4.34. The molecule has 0 saturated heterocycles. The molecule has 0 aliphatic carbocycles. The molecule has 172 valence electrons. The highest BCUT2D eigenvalue weighted by Gasteiger charge is 2.32. The summed E-state index contributed by atoms with van der Waals surface area (Å²) >= 11 is 7.43. The largest absolute Gasteiger partial charge is 0.493 e. The number of halogens is 4. The van der Waals surface area contributed by atoms with E-state index < -0.39 is 11.7 Å². The summed E-state index contributed by atoms with van der Waals surface area (Å²) in [6.07, 6.45) is -1.87. The maximum Gasteiger partial charge on any atom is 0.416 e. The first-order chi connectivity index (χ1) is 15.7. The second-order valence-corrected chi connectivity index (χ2v) is 9.10. The van der Waals surface area contributed by atoms with Crippen molar-refractivity contribution in [1.29, 1.82) is 0 Å². The van der Waals surface area contributed by atoms with E-state index in [1.54, 1.807) is 12.1 Å². The van der Waals surface area contributed by atoms with Crippen LogP contribution in [0.2, 0.25) is 5.02 Å². The van der Waals surface area contributed by atoms with Gasteiger partial charge < -0.3 is 10.1 Å². The van der Waals surface area contributed by atoms with Crippen molar-refractivity contribution in [2.75, 3.05) is 6.61 Å². The molecule has 4 rings (SSSR count). The summed E-state index contributed by atoms with van der Waals surface area (Å²) in [5.41, 5.74) is 2.15. The Hall–Kier alpha value is -2.84. The van der Waals surface area contributed by atoms with E-state index in [0.29, 0.717) is 42.2 Å². The van der Waals surface area contributed by atoms with Crippen molar-refractivity contribution in [1.82, 2.24) is 10.3 Å². The zero-order chi connectivity index (χ0) is 23.6. The number of benzene rings is 2. The molecule has 0 spiro atoms. The molecular weight excluding hydrogens is 473 g/mol. The van der Waals surface area contributed by atoms with E-state index >= 15 is 0 Å². The average Bonchev–Trinajstić information content (AvgIpc) is 3.02. The Morgan fingerprint density at radius 1 is 1.24 bits per heavy atom. The van der Waals surface area contributed by atoms with Crippen LogP contribution in [0.15, 0.2) is 48.5 Å². The van der Waals surface area contributed by atoms with E-state index in [1.165, 1.54) is 23.5 Å². The van der Waals surface area contributed by atoms with Gasteiger partial charge in [0.05, 0.1) is 24.4 Å². The van der Waals surface area contributed by atoms with Crippen molar-refractivity contribution in [3.63, 3.8) is 0 Å². The van der Waals surface area contributed by atoms with Crippen LogP contribution in [0.3, 0.4) is 0 Å². The number of ether oxygens (including phenoxy) is 1. The van der Waals surface area contributed by atoms with Gasteiger partial charge in [-0.15, -0.1) is 11.3 Å². The summed E-state index contributed by atoms with van der Waals surface area (Å²) in [6, 6.07) is 10.8. The standard InChI is InChI=1S/C24H20ClF3N2O2S/c1-14-21(33-23(30-14)15-4-7-18(25)8-5-15)13-29-22(31)11-16-3-2-10-32-20-12-17(24(26,27)28)6-9-19(16)20/h4-9,11-12H,2-3,10,13H2,1H3,(H,29,31)/b16-11+. The fraction of sp³-hybridized carbons (Fsp3) is 0.250. The molecule has 33 heavy (non-hydrogen) atoms. The predicted octanol–water partition coefficient (Wildman–Crippen LogP) is 6.66. The molecule has 4 nitrogen and oxygen atoms in total. The minimum atomic E-state index is -4.45. The lowest BCUT2D eigenvalue weighted by molar-refractivity contribution is -0.137. The number of hydrogen-bond acceptors (Lipinski definition) is 4. The van der Waals surface area contributed by atoms with E-state index in [-0.39, 0.29) is 11.7 Å². The van der Waals surface area contributed by atoms with Crippen molar-refractivity contribution in [3.8, 4) is 16.3 Å². The van der Waals surface area contributed by atoms with Crippen LogP contribution >= 0.6 is 22.9 Å². The van der Waals surface area contributed by atoms with Gasteiger partial charge in [0.1, 0.15) is 10.8 Å². The number of fused-ring (bicyclic) bond motifs is 1. The van der Waals surface area contributed by atoms with Crippen molar-refractivity contribution in [3.05, 3.63) is 75.3 Å². The van der Waals surface area contributed by atoms with Crippen LogP contribution in [0.4, 0.5) is 13.2 Å². The number of nitrogens with one attached hydrogen (secondary N) is 1. The molecule has 2 aromatic carbocycles. The summed E-state index contributed by atoms with van der Waals surface area (Å²) in [7, 11) is 0. The van der Waals surface area contributed by atoms with Crippen LogP contribution in [0.5, 0.6) is 5.75 Å². The first-order valence-electron chi connectivity index (χ1n) is 10.3. The fourth-order valence-corrected chi connectivity index (χ4v) is 4.63. The first-order valence-corrected chi connectivity index (χ1v) is 11.5. The average molecular weight is 493 g/mol. The monoisotopic (exact) mass is 492 g/mol. The molecule has 0 bridgehead atoms. The summed E-state index contributed by atoms with van der Waals surface area (Å²) in [6.45, 7) is 2.48. The highest BCUT2D eigenvalue weighted by atomic mass is 35.5. The zero-order valence-corrected chi connectivity index (χ0v) is 19.2. The Bertz CT molecular complexity index is 1200. The second-order valence-electron chi connectivity index (χ2n) is 7.58. The Morgan fingerprint density at radius 2 is 2.00 bits per heavy atom. The fourth-order valence-electron chi connectivity index (χ4n) is 3.50. The number of carbonyl (C=O) groups is 1. The Morgan fingerprint density at radius 3 is 2.73 bits per heavy atom. The molecule has 3 aromatic rings. The maximum atomic E-state index is 13.0. The van der Waals surface area contributed by atoms with Gasteiger partial charge in [0.25, 0.3) is 0 Å². The van der Waals surface area contributed by atoms with Crippen molar-refractivity contribution < 1.29 is 22.7 Å². The molecule has 0 unspecified atom stereocenters. The zero-order valence-electron chi connectivity index (χ0n) is 17.6. The third kappa shape index (κ3) is 5.57. The van der Waals surface area contributed by atoms with E-state index in [4.69, 9.17) is 16.3 Å². The highest BCUT2D eigenvalue weighted by Crippen LogP contribution is 2.38. The van der Waals surface area contributed by atoms with Gasteiger partial charge in [0.2, 0.25) is 5.91 Å². The number of carbonyl (C=O) groups excluding carboxylic acids is 1. The van der Waals surface area contributed by atoms with Crippen LogP contribution in [0, 0.1) is 6.92 Å². The molecule has 2 heterocycles. The number of aryl methyl sites for hydroxylation is 1. The van der Waals surface area contributed by atoms with Crippen molar-refractivity contribution >= 4 is 34.4 Å². The SMILES string of the molecule is Cc1nc(-c2ccc(Cl)cc2)sc1CNC(=O)/C=C1\CCCOc2cc(C(F)(F)F)ccc21. The minimum Gasteiger partial charge on any atom is -0.493 e. The van der Waals surface area contributed by atoms with Gasteiger partial charge in [0, 0.05) is 27.1 Å². The molecule has 0 fully saturated rings. The smallest absolute Gasteiger partial charge is 0.416 e. The number of hydrogen-bond donors (Lipinski definition) is 1. The van der Waals surface area contributed by atoms with Crippen LogP contribution < -0.4 is 10.1 Å². The number of amides is 1. The van der Waals surface area contributed by atoms with Crippen LogP contribution in [0.25, 0.3) is 16.1 Å². The molecule has 9 heteroatoms. The first kappa shape index (κ1) is 23.3. The topological polar surface area (TPSA) is 51.2 Å². The van der Waals surface area contributed by atoms with E-state index in [2.05, 4.69) is 10.3 Å². The molecule has 0 atom stereocenters. The molecule has 1 aliphatic heterocycles. The summed E-state index contributed by atoms with van der Waals surface area (Å²) < 4.78 is 44.6. The van der Waals surface area contributed by atoms with Crippen molar-refractivity contribution in [2.45, 2.75) is 32.5 Å². The number of rotatable bonds is 4. The summed E-state index contributed by atoms with van der Waals surface area (Å²) in [4.78, 5) is 18.1. The molecule has 1 N–H and O–H groups in total. The number of alkyl halides is 3. The molecule has 1 aliphatic rings. The van der Waals surface area contributed by atoms with Gasteiger partial charge in [-0.05, 0) is 49.6 Å². The quantitative estimate of drug-likeness (QED) is 0.414. The lowest BCUT2D eigenvalue weighted by atomic mass is 9.99. The normalized spacial score (nSPS) is 15.0. The Balaban J connectivity index is 1.49. The van der Waals surface area contributed by atoms with E-state index in [9.17, 15) is 18.0 Å². The number of aromatic nitrogens is 1. The molecule has 1 aromatic heterocycles. The highest BCUT2D eigenvalue weighted by molar-refractivity contribution is 7.15. The second kappa shape index (κ2) is 9.57. The number of nitrogens with zero attached hydrogens (tertiary/aromatic N) is 1. The number of allylic oxidation sites excluding steroid dienone is 1. The van der Waals surface area contributed by atoms with Gasteiger partial charge in [-0.1, -0.05) is 29.8 Å². The molecule has 0 radical (unpaired) electrons. The third-order valence-corrected chi connectivity index (χ3v) is 6.67. The Kier molecular flexibility index (Phi) is 6.76. The van der Waals surface area contributed by atoms with Crippen LogP contribution in [-0.4, -0.2) is 17.5 Å². The van der Waals surface area contributed by atoms with Crippen LogP contribution in [-0.2, 0) is 17.5 Å². The van der Waals surface area contributed by atoms with Gasteiger partial charge >= 0.3 is 6.18 Å². The van der Waals surface area contributed by atoms with Crippen LogP contribution in [0.1, 0.15) is 34.5 Å². The molecule has 1 amide bonds. The third-order valence-electron chi connectivity index (χ3n) is 5.22. The van der Waals surface area contributed by atoms with Gasteiger partial charge in [0.15, 0.2) is 0 Å². The lowest BCUT2D eigenvalue weighted by Crippen LogP contribution is -2.20. The Labute approximate surface area is 198 Å². The van der Waals surface area contributed by atoms with Gasteiger partial charge in [-0.2, -0.15) is 13.2 Å². The maximum absolute atomic E-state index is 13.0. The lowest BCUT2D eigenvalue weighted by Gasteiger charge is -2.13. The van der Waals surface area contributed by atoms with Gasteiger partial charge in [-0.25, -0.2) is 4.98 Å². The van der Waals surface area contributed by atoms with Gasteiger partial charge in [-0.3, -0.25) is 4.79 Å².